The van der Waals surface area contributed by atoms with Gasteiger partial charge in [0.05, 0.1) is 11.2 Å². The summed E-state index contributed by atoms with van der Waals surface area (Å²) >= 11 is 0. The van der Waals surface area contributed by atoms with E-state index < -0.39 is 5.97 Å². The molecule has 2 heterocycles. The molecule has 0 spiro atoms. The van der Waals surface area contributed by atoms with Gasteiger partial charge in [-0.1, -0.05) is 24.3 Å². The summed E-state index contributed by atoms with van der Waals surface area (Å²) in [6, 6.07) is 17.8. The lowest BCUT2D eigenvalue weighted by Gasteiger charge is -2.07. The second kappa shape index (κ2) is 6.88. The van der Waals surface area contributed by atoms with Crippen molar-refractivity contribution in [3.05, 3.63) is 72.1 Å². The van der Waals surface area contributed by atoms with Crippen molar-refractivity contribution in [3.63, 3.8) is 0 Å². The summed E-state index contributed by atoms with van der Waals surface area (Å²) in [4.78, 5) is 18.6. The van der Waals surface area contributed by atoms with Crippen molar-refractivity contribution in [1.82, 2.24) is 9.97 Å². The molecule has 0 atom stereocenters. The summed E-state index contributed by atoms with van der Waals surface area (Å²) in [6.07, 6.45) is 2.46. The zero-order chi connectivity index (χ0) is 17.9. The van der Waals surface area contributed by atoms with Gasteiger partial charge in [0.15, 0.2) is 0 Å². The van der Waals surface area contributed by atoms with Crippen molar-refractivity contribution < 1.29 is 14.6 Å². The third-order valence-corrected chi connectivity index (χ3v) is 4.39. The zero-order valence-corrected chi connectivity index (χ0v) is 14.1. The summed E-state index contributed by atoms with van der Waals surface area (Å²) in [6.45, 7) is 0.380. The number of carboxylic acid groups (broad SMARTS) is 1. The molecule has 0 fully saturated rings. The molecule has 0 aliphatic rings. The summed E-state index contributed by atoms with van der Waals surface area (Å²) in [5, 5.41) is 11.0. The molecular weight excluding hydrogens is 328 g/mol. The van der Waals surface area contributed by atoms with Gasteiger partial charge in [-0.05, 0) is 42.3 Å². The predicted molar refractivity (Wildman–Crippen MR) is 100 cm³/mol. The molecule has 0 saturated heterocycles. The predicted octanol–water partition coefficient (Wildman–Crippen LogP) is 4.31. The molecule has 5 nitrogen and oxygen atoms in total. The first kappa shape index (κ1) is 16.1. The number of aryl methyl sites for hydroxylation is 1. The fourth-order valence-electron chi connectivity index (χ4n) is 3.04. The maximum absolute atomic E-state index is 10.8. The highest BCUT2D eigenvalue weighted by Crippen LogP contribution is 2.25. The van der Waals surface area contributed by atoms with E-state index in [4.69, 9.17) is 9.84 Å². The zero-order valence-electron chi connectivity index (χ0n) is 14.1. The Bertz CT molecular complexity index is 1080. The molecular formula is C21H18N2O3. The molecule has 2 aromatic carbocycles. The number of nitrogens with zero attached hydrogens (tertiary/aromatic N) is 1. The number of rotatable bonds is 6. The lowest BCUT2D eigenvalue weighted by molar-refractivity contribution is -0.136. The van der Waals surface area contributed by atoms with Crippen LogP contribution in [0.1, 0.15) is 17.7 Å². The van der Waals surface area contributed by atoms with Crippen LogP contribution in [-0.4, -0.2) is 21.0 Å². The Kier molecular flexibility index (Phi) is 4.27. The maximum atomic E-state index is 10.8. The van der Waals surface area contributed by atoms with Crippen molar-refractivity contribution >= 4 is 27.8 Å². The highest BCUT2D eigenvalue weighted by molar-refractivity contribution is 5.85. The number of pyridine rings is 1. The van der Waals surface area contributed by atoms with E-state index in [1.165, 1.54) is 0 Å². The smallest absolute Gasteiger partial charge is 0.303 e. The van der Waals surface area contributed by atoms with Gasteiger partial charge < -0.3 is 14.8 Å². The minimum atomic E-state index is -0.797. The Morgan fingerprint density at radius 3 is 2.88 bits per heavy atom. The Balaban J connectivity index is 1.52. The van der Waals surface area contributed by atoms with Crippen LogP contribution in [0, 0.1) is 0 Å². The largest absolute Gasteiger partial charge is 0.487 e. The number of H-pyrrole nitrogens is 1. The van der Waals surface area contributed by atoms with Crippen LogP contribution in [0.2, 0.25) is 0 Å². The minimum Gasteiger partial charge on any atom is -0.487 e. The van der Waals surface area contributed by atoms with Gasteiger partial charge in [-0.2, -0.15) is 0 Å². The van der Waals surface area contributed by atoms with Gasteiger partial charge in [0.1, 0.15) is 12.4 Å². The first-order chi connectivity index (χ1) is 12.7. The van der Waals surface area contributed by atoms with Crippen LogP contribution in [0.15, 0.2) is 60.8 Å². The van der Waals surface area contributed by atoms with E-state index in [0.717, 1.165) is 38.8 Å². The summed E-state index contributed by atoms with van der Waals surface area (Å²) in [7, 11) is 0. The van der Waals surface area contributed by atoms with Gasteiger partial charge >= 0.3 is 5.97 Å². The SMILES string of the molecule is O=C(O)CCc1c[nH]c2ccc(OCc3ccc4ccccc4n3)cc12. The Hall–Kier alpha value is -3.34. The average Bonchev–Trinajstić information content (AvgIpc) is 3.07. The molecule has 26 heavy (non-hydrogen) atoms. The van der Waals surface area contributed by atoms with Crippen molar-refractivity contribution in [2.45, 2.75) is 19.4 Å². The lowest BCUT2D eigenvalue weighted by atomic mass is 10.1. The molecule has 0 aliphatic carbocycles. The number of fused-ring (bicyclic) bond motifs is 2. The molecule has 0 bridgehead atoms. The van der Waals surface area contributed by atoms with Gasteiger partial charge in [0.25, 0.3) is 0 Å². The van der Waals surface area contributed by atoms with Gasteiger partial charge in [-0.25, -0.2) is 4.98 Å². The fourth-order valence-corrected chi connectivity index (χ4v) is 3.04. The Morgan fingerprint density at radius 1 is 1.12 bits per heavy atom. The molecule has 4 aromatic rings. The van der Waals surface area contributed by atoms with E-state index >= 15 is 0 Å². The van der Waals surface area contributed by atoms with Gasteiger partial charge in [-0.3, -0.25) is 4.79 Å². The molecule has 5 heteroatoms. The topological polar surface area (TPSA) is 75.2 Å². The van der Waals surface area contributed by atoms with E-state index in [9.17, 15) is 4.79 Å². The highest BCUT2D eigenvalue weighted by Gasteiger charge is 2.08. The Labute approximate surface area is 150 Å². The number of carbonyl (C=O) groups is 1. The maximum Gasteiger partial charge on any atom is 0.303 e. The number of nitrogens with one attached hydrogen (secondary N) is 1. The lowest BCUT2D eigenvalue weighted by Crippen LogP contribution is -1.99. The molecule has 0 radical (unpaired) electrons. The van der Waals surface area contributed by atoms with E-state index in [0.29, 0.717) is 13.0 Å². The number of ether oxygens (including phenoxy) is 1. The number of carboxylic acids is 1. The van der Waals surface area contributed by atoms with Gasteiger partial charge in [-0.15, -0.1) is 0 Å². The van der Waals surface area contributed by atoms with E-state index in [1.807, 2.05) is 60.8 Å². The minimum absolute atomic E-state index is 0.110. The number of aromatic amines is 1. The summed E-state index contributed by atoms with van der Waals surface area (Å²) < 4.78 is 5.91. The molecule has 0 unspecified atom stereocenters. The number of hydrogen-bond acceptors (Lipinski definition) is 3. The normalized spacial score (nSPS) is 11.1. The first-order valence-electron chi connectivity index (χ1n) is 8.48. The molecule has 2 aromatic heterocycles. The molecule has 4 rings (SSSR count). The number of aromatic nitrogens is 2. The van der Waals surface area contributed by atoms with E-state index in [-0.39, 0.29) is 6.42 Å². The third kappa shape index (κ3) is 3.37. The molecule has 2 N–H and O–H groups in total. The van der Waals surface area contributed by atoms with Crippen molar-refractivity contribution in [1.29, 1.82) is 0 Å². The molecule has 0 aliphatic heterocycles. The van der Waals surface area contributed by atoms with Gasteiger partial charge in [0, 0.05) is 28.9 Å². The van der Waals surface area contributed by atoms with Crippen LogP contribution < -0.4 is 4.74 Å². The quantitative estimate of drug-likeness (QED) is 0.545. The van der Waals surface area contributed by atoms with Crippen molar-refractivity contribution in [2.75, 3.05) is 0 Å². The second-order valence-electron chi connectivity index (χ2n) is 6.20. The van der Waals surface area contributed by atoms with Crippen LogP contribution in [0.25, 0.3) is 21.8 Å². The average molecular weight is 346 g/mol. The Morgan fingerprint density at radius 2 is 2.00 bits per heavy atom. The number of para-hydroxylation sites is 1. The standard InChI is InChI=1S/C21H18N2O3/c24-21(25)10-6-15-12-22-20-9-8-17(11-18(15)20)26-13-16-7-5-14-3-1-2-4-19(14)23-16/h1-5,7-9,11-12,22H,6,10,13H2,(H,24,25). The number of hydrogen-bond donors (Lipinski definition) is 2. The second-order valence-corrected chi connectivity index (χ2v) is 6.20. The summed E-state index contributed by atoms with van der Waals surface area (Å²) in [5.41, 5.74) is 3.77. The van der Waals surface area contributed by atoms with E-state index in [1.54, 1.807) is 0 Å². The molecule has 0 amide bonds. The van der Waals surface area contributed by atoms with Crippen LogP contribution in [0.5, 0.6) is 5.75 Å². The van der Waals surface area contributed by atoms with Gasteiger partial charge in [0.2, 0.25) is 0 Å². The van der Waals surface area contributed by atoms with Crippen LogP contribution in [0.4, 0.5) is 0 Å². The monoisotopic (exact) mass is 346 g/mol. The third-order valence-electron chi connectivity index (χ3n) is 4.39. The first-order valence-corrected chi connectivity index (χ1v) is 8.48. The van der Waals surface area contributed by atoms with Crippen LogP contribution in [0.3, 0.4) is 0 Å². The summed E-state index contributed by atoms with van der Waals surface area (Å²) in [5.74, 6) is -0.0576. The van der Waals surface area contributed by atoms with E-state index in [2.05, 4.69) is 9.97 Å². The number of benzene rings is 2. The highest BCUT2D eigenvalue weighted by atomic mass is 16.5. The molecule has 0 saturated carbocycles. The van der Waals surface area contributed by atoms with Crippen LogP contribution in [-0.2, 0) is 17.8 Å². The van der Waals surface area contributed by atoms with Crippen LogP contribution >= 0.6 is 0 Å². The number of aliphatic carboxylic acids is 1. The fraction of sp³-hybridized carbons (Fsp3) is 0.143. The van der Waals surface area contributed by atoms with Crippen molar-refractivity contribution in [3.8, 4) is 5.75 Å². The van der Waals surface area contributed by atoms with Crippen molar-refractivity contribution in [2.24, 2.45) is 0 Å². The molecule has 130 valence electrons.